The molecule has 3 nitrogen and oxygen atoms in total. The highest BCUT2D eigenvalue weighted by Gasteiger charge is 2.24. The summed E-state index contributed by atoms with van der Waals surface area (Å²) in [4.78, 5) is 6.59. The highest BCUT2D eigenvalue weighted by atomic mass is 35.5. The number of nitrogens with zero attached hydrogens (tertiary/aromatic N) is 2. The van der Waals surface area contributed by atoms with Crippen LogP contribution in [0.4, 0.5) is 11.5 Å². The Hall–Kier alpha value is -0.960. The van der Waals surface area contributed by atoms with Crippen molar-refractivity contribution in [1.29, 1.82) is 0 Å². The number of halogens is 1. The molecule has 1 aliphatic rings. The van der Waals surface area contributed by atoms with E-state index in [1.807, 2.05) is 0 Å². The van der Waals surface area contributed by atoms with Gasteiger partial charge < -0.3 is 10.6 Å². The molecule has 88 valence electrons. The van der Waals surface area contributed by atoms with Gasteiger partial charge in [0, 0.05) is 19.3 Å². The molecule has 0 spiro atoms. The molecule has 1 aromatic heterocycles. The molecule has 2 rings (SSSR count). The maximum atomic E-state index is 5.94. The average Bonchev–Trinajstić information content (AvgIpc) is 2.22. The molecular formula is C12H18ClN3. The first-order valence-electron chi connectivity index (χ1n) is 5.74. The number of hydrogen-bond donors (Lipinski definition) is 1. The van der Waals surface area contributed by atoms with Gasteiger partial charge in [0.15, 0.2) is 5.82 Å². The molecule has 1 saturated heterocycles. The van der Waals surface area contributed by atoms with Crippen LogP contribution >= 0.6 is 11.6 Å². The van der Waals surface area contributed by atoms with E-state index in [2.05, 4.69) is 23.7 Å². The lowest BCUT2D eigenvalue weighted by Gasteiger charge is -2.36. The minimum Gasteiger partial charge on any atom is -0.396 e. The van der Waals surface area contributed by atoms with Gasteiger partial charge in [0.2, 0.25) is 0 Å². The van der Waals surface area contributed by atoms with Crippen LogP contribution < -0.4 is 10.6 Å². The smallest absolute Gasteiger partial charge is 0.151 e. The Labute approximate surface area is 102 Å². The van der Waals surface area contributed by atoms with Crippen molar-refractivity contribution in [3.05, 3.63) is 17.3 Å². The highest BCUT2D eigenvalue weighted by Crippen LogP contribution is 2.29. The molecule has 0 aromatic carbocycles. The molecular weight excluding hydrogens is 222 g/mol. The van der Waals surface area contributed by atoms with Gasteiger partial charge >= 0.3 is 0 Å². The van der Waals surface area contributed by atoms with E-state index >= 15 is 0 Å². The first-order valence-corrected chi connectivity index (χ1v) is 6.11. The molecule has 2 N–H and O–H groups in total. The standard InChI is InChI=1S/C12H18ClN3/c1-8-3-4-16(7-9(8)2)12-11(14)5-10(13)6-15-12/h5-6,8-9H,3-4,7,14H2,1-2H3. The minimum atomic E-state index is 0.597. The van der Waals surface area contributed by atoms with Crippen molar-refractivity contribution in [2.45, 2.75) is 20.3 Å². The van der Waals surface area contributed by atoms with Gasteiger partial charge in [0.25, 0.3) is 0 Å². The number of nitrogens with two attached hydrogens (primary N) is 1. The summed E-state index contributed by atoms with van der Waals surface area (Å²) < 4.78 is 0. The van der Waals surface area contributed by atoms with E-state index < -0.39 is 0 Å². The number of aromatic nitrogens is 1. The summed E-state index contributed by atoms with van der Waals surface area (Å²) in [6.45, 7) is 6.65. The molecule has 0 bridgehead atoms. The Bertz CT molecular complexity index is 381. The summed E-state index contributed by atoms with van der Waals surface area (Å²) in [7, 11) is 0. The zero-order valence-corrected chi connectivity index (χ0v) is 10.5. The van der Waals surface area contributed by atoms with Gasteiger partial charge in [-0.3, -0.25) is 0 Å². The summed E-state index contributed by atoms with van der Waals surface area (Å²) >= 11 is 5.85. The number of pyridine rings is 1. The Morgan fingerprint density at radius 1 is 1.44 bits per heavy atom. The first kappa shape index (κ1) is 11.5. The van der Waals surface area contributed by atoms with Crippen LogP contribution in [-0.2, 0) is 0 Å². The maximum Gasteiger partial charge on any atom is 0.151 e. The lowest BCUT2D eigenvalue weighted by molar-refractivity contribution is 0.323. The van der Waals surface area contributed by atoms with Gasteiger partial charge in [0.05, 0.1) is 10.7 Å². The van der Waals surface area contributed by atoms with E-state index in [1.54, 1.807) is 12.3 Å². The summed E-state index contributed by atoms with van der Waals surface area (Å²) in [5.74, 6) is 2.35. The van der Waals surface area contributed by atoms with Crippen molar-refractivity contribution in [3.63, 3.8) is 0 Å². The predicted octanol–water partition coefficient (Wildman–Crippen LogP) is 2.80. The molecule has 0 aliphatic carbocycles. The Kier molecular flexibility index (Phi) is 3.24. The molecule has 2 atom stereocenters. The third-order valence-corrected chi connectivity index (χ3v) is 3.70. The average molecular weight is 240 g/mol. The van der Waals surface area contributed by atoms with Crippen molar-refractivity contribution in [3.8, 4) is 0 Å². The van der Waals surface area contributed by atoms with Gasteiger partial charge in [-0.25, -0.2) is 4.98 Å². The van der Waals surface area contributed by atoms with Crippen molar-refractivity contribution < 1.29 is 0 Å². The van der Waals surface area contributed by atoms with Crippen LogP contribution in [0.15, 0.2) is 12.3 Å². The van der Waals surface area contributed by atoms with Gasteiger partial charge in [-0.2, -0.15) is 0 Å². The van der Waals surface area contributed by atoms with Crippen LogP contribution in [0.25, 0.3) is 0 Å². The van der Waals surface area contributed by atoms with Crippen LogP contribution in [0.5, 0.6) is 0 Å². The second kappa shape index (κ2) is 4.50. The van der Waals surface area contributed by atoms with Crippen LogP contribution in [0.3, 0.4) is 0 Å². The summed E-state index contributed by atoms with van der Waals surface area (Å²) in [5.41, 5.74) is 6.62. The molecule has 2 heterocycles. The largest absolute Gasteiger partial charge is 0.396 e. The number of rotatable bonds is 1. The summed E-state index contributed by atoms with van der Waals surface area (Å²) in [6.07, 6.45) is 2.86. The van der Waals surface area contributed by atoms with Crippen molar-refractivity contribution in [2.75, 3.05) is 23.7 Å². The van der Waals surface area contributed by atoms with E-state index in [0.29, 0.717) is 16.6 Å². The quantitative estimate of drug-likeness (QED) is 0.820. The van der Waals surface area contributed by atoms with Gasteiger partial charge in [-0.1, -0.05) is 25.4 Å². The number of hydrogen-bond acceptors (Lipinski definition) is 3. The topological polar surface area (TPSA) is 42.2 Å². The monoisotopic (exact) mass is 239 g/mol. The maximum absolute atomic E-state index is 5.94. The van der Waals surface area contributed by atoms with Gasteiger partial charge in [-0.15, -0.1) is 0 Å². The van der Waals surface area contributed by atoms with Crippen molar-refractivity contribution in [2.24, 2.45) is 11.8 Å². The van der Waals surface area contributed by atoms with E-state index in [-0.39, 0.29) is 0 Å². The molecule has 0 amide bonds. The lowest BCUT2D eigenvalue weighted by Crippen LogP contribution is -2.39. The highest BCUT2D eigenvalue weighted by molar-refractivity contribution is 6.30. The Balaban J connectivity index is 2.18. The second-order valence-electron chi connectivity index (χ2n) is 4.76. The summed E-state index contributed by atoms with van der Waals surface area (Å²) in [5, 5.41) is 0.597. The fourth-order valence-electron chi connectivity index (χ4n) is 2.17. The third-order valence-electron chi connectivity index (χ3n) is 3.50. The van der Waals surface area contributed by atoms with E-state index in [4.69, 9.17) is 17.3 Å². The SMILES string of the molecule is CC1CCN(c2ncc(Cl)cc2N)CC1C. The second-order valence-corrected chi connectivity index (χ2v) is 5.19. The summed E-state index contributed by atoms with van der Waals surface area (Å²) in [6, 6.07) is 1.77. The van der Waals surface area contributed by atoms with Crippen LogP contribution in [0.2, 0.25) is 5.02 Å². The first-order chi connectivity index (χ1) is 7.58. The van der Waals surface area contributed by atoms with Crippen LogP contribution in [0.1, 0.15) is 20.3 Å². The van der Waals surface area contributed by atoms with E-state index in [0.717, 1.165) is 24.8 Å². The molecule has 0 radical (unpaired) electrons. The fraction of sp³-hybridized carbons (Fsp3) is 0.583. The number of anilines is 2. The van der Waals surface area contributed by atoms with Crippen molar-refractivity contribution in [1.82, 2.24) is 4.98 Å². The molecule has 1 fully saturated rings. The predicted molar refractivity (Wildman–Crippen MR) is 68.8 cm³/mol. The molecule has 16 heavy (non-hydrogen) atoms. The lowest BCUT2D eigenvalue weighted by atomic mass is 9.89. The van der Waals surface area contributed by atoms with Gasteiger partial charge in [0.1, 0.15) is 0 Å². The Morgan fingerprint density at radius 2 is 2.19 bits per heavy atom. The van der Waals surface area contributed by atoms with Crippen LogP contribution in [0, 0.1) is 11.8 Å². The zero-order valence-electron chi connectivity index (χ0n) is 9.78. The fourth-order valence-corrected chi connectivity index (χ4v) is 2.33. The van der Waals surface area contributed by atoms with E-state index in [1.165, 1.54) is 6.42 Å². The minimum absolute atomic E-state index is 0.597. The number of piperidine rings is 1. The normalized spacial score (nSPS) is 25.8. The molecule has 1 aliphatic heterocycles. The van der Waals surface area contributed by atoms with Crippen molar-refractivity contribution >= 4 is 23.1 Å². The molecule has 1 aromatic rings. The third kappa shape index (κ3) is 2.24. The molecule has 0 saturated carbocycles. The zero-order chi connectivity index (χ0) is 11.7. The van der Waals surface area contributed by atoms with E-state index in [9.17, 15) is 0 Å². The molecule has 2 unspecified atom stereocenters. The number of nitrogen functional groups attached to an aromatic ring is 1. The molecule has 4 heteroatoms. The van der Waals surface area contributed by atoms with Crippen LogP contribution in [-0.4, -0.2) is 18.1 Å². The Morgan fingerprint density at radius 3 is 2.81 bits per heavy atom. The van der Waals surface area contributed by atoms with Gasteiger partial charge in [-0.05, 0) is 24.3 Å².